The standard InChI is InChI=1S/C13H18BrNO2S/c1-17-9-10(14)7-8-15-13(16)11-5-3-4-6-12(11)18-2/h3-6,10H,7-9H2,1-2H3,(H,15,16). The number of nitrogens with one attached hydrogen (secondary N) is 1. The van der Waals surface area contributed by atoms with Crippen molar-refractivity contribution in [3.05, 3.63) is 29.8 Å². The molecule has 1 unspecified atom stereocenters. The number of carbonyl (C=O) groups is 1. The highest BCUT2D eigenvalue weighted by Gasteiger charge is 2.10. The van der Waals surface area contributed by atoms with E-state index in [1.54, 1.807) is 18.9 Å². The minimum absolute atomic E-state index is 0.0166. The zero-order chi connectivity index (χ0) is 13.4. The number of hydrogen-bond acceptors (Lipinski definition) is 3. The molecule has 1 rings (SSSR count). The molecule has 1 atom stereocenters. The van der Waals surface area contributed by atoms with Crippen molar-refractivity contribution < 1.29 is 9.53 Å². The first-order chi connectivity index (χ1) is 8.69. The van der Waals surface area contributed by atoms with Crippen LogP contribution >= 0.6 is 27.7 Å². The summed E-state index contributed by atoms with van der Waals surface area (Å²) in [6.07, 6.45) is 2.82. The van der Waals surface area contributed by atoms with Crippen LogP contribution in [0.4, 0.5) is 0 Å². The second-order valence-corrected chi connectivity index (χ2v) is 5.94. The Morgan fingerprint density at radius 2 is 2.22 bits per heavy atom. The normalized spacial score (nSPS) is 12.2. The van der Waals surface area contributed by atoms with E-state index in [4.69, 9.17) is 4.74 Å². The first-order valence-corrected chi connectivity index (χ1v) is 7.87. The molecule has 100 valence electrons. The lowest BCUT2D eigenvalue weighted by molar-refractivity contribution is 0.0949. The van der Waals surface area contributed by atoms with E-state index in [1.165, 1.54) is 0 Å². The van der Waals surface area contributed by atoms with E-state index >= 15 is 0 Å². The molecule has 5 heteroatoms. The van der Waals surface area contributed by atoms with Gasteiger partial charge in [0.15, 0.2) is 0 Å². The molecule has 0 aromatic heterocycles. The third kappa shape index (κ3) is 5.00. The van der Waals surface area contributed by atoms with Gasteiger partial charge >= 0.3 is 0 Å². The lowest BCUT2D eigenvalue weighted by atomic mass is 10.2. The maximum Gasteiger partial charge on any atom is 0.252 e. The maximum absolute atomic E-state index is 12.0. The Morgan fingerprint density at radius 3 is 2.89 bits per heavy atom. The number of ether oxygens (including phenoxy) is 1. The second kappa shape index (κ2) is 8.56. The van der Waals surface area contributed by atoms with Gasteiger partial charge in [-0.2, -0.15) is 0 Å². The van der Waals surface area contributed by atoms with Crippen LogP contribution in [-0.4, -0.2) is 37.3 Å². The lowest BCUT2D eigenvalue weighted by Gasteiger charge is -2.11. The highest BCUT2D eigenvalue weighted by Crippen LogP contribution is 2.19. The van der Waals surface area contributed by atoms with Gasteiger partial charge in [-0.25, -0.2) is 0 Å². The molecule has 18 heavy (non-hydrogen) atoms. The number of hydrogen-bond donors (Lipinski definition) is 1. The van der Waals surface area contributed by atoms with Crippen molar-refractivity contribution in [1.29, 1.82) is 0 Å². The summed E-state index contributed by atoms with van der Waals surface area (Å²) < 4.78 is 5.02. The Kier molecular flexibility index (Phi) is 7.39. The zero-order valence-corrected chi connectivity index (χ0v) is 13.0. The first-order valence-electron chi connectivity index (χ1n) is 5.73. The molecule has 0 spiro atoms. The van der Waals surface area contributed by atoms with Crippen molar-refractivity contribution in [2.45, 2.75) is 16.1 Å². The number of rotatable bonds is 7. The van der Waals surface area contributed by atoms with Gasteiger partial charge in [-0.3, -0.25) is 4.79 Å². The SMILES string of the molecule is COCC(Br)CCNC(=O)c1ccccc1SC. The van der Waals surface area contributed by atoms with E-state index in [0.717, 1.165) is 16.9 Å². The average molecular weight is 332 g/mol. The van der Waals surface area contributed by atoms with Crippen LogP contribution in [0.5, 0.6) is 0 Å². The molecule has 0 saturated carbocycles. The van der Waals surface area contributed by atoms with Crippen molar-refractivity contribution in [1.82, 2.24) is 5.32 Å². The van der Waals surface area contributed by atoms with E-state index in [1.807, 2.05) is 30.5 Å². The largest absolute Gasteiger partial charge is 0.384 e. The zero-order valence-electron chi connectivity index (χ0n) is 10.6. The number of thioether (sulfide) groups is 1. The van der Waals surface area contributed by atoms with Gasteiger partial charge in [0.2, 0.25) is 0 Å². The third-order valence-electron chi connectivity index (χ3n) is 2.44. The number of alkyl halides is 1. The number of halogens is 1. The summed E-state index contributed by atoms with van der Waals surface area (Å²) in [5, 5.41) is 2.93. The van der Waals surface area contributed by atoms with E-state index in [9.17, 15) is 4.79 Å². The van der Waals surface area contributed by atoms with Crippen LogP contribution < -0.4 is 5.32 Å². The molecule has 1 aromatic carbocycles. The summed E-state index contributed by atoms with van der Waals surface area (Å²) in [7, 11) is 1.67. The topological polar surface area (TPSA) is 38.3 Å². The Hall–Kier alpha value is -0.520. The minimum atomic E-state index is -0.0166. The average Bonchev–Trinajstić information content (AvgIpc) is 2.38. The summed E-state index contributed by atoms with van der Waals surface area (Å²) in [5.74, 6) is -0.0166. The summed E-state index contributed by atoms with van der Waals surface area (Å²) in [5.41, 5.74) is 0.739. The fourth-order valence-corrected chi connectivity index (χ4v) is 2.62. The number of benzene rings is 1. The molecule has 1 aromatic rings. The maximum atomic E-state index is 12.0. The molecular weight excluding hydrogens is 314 g/mol. The first kappa shape index (κ1) is 15.5. The molecule has 1 N–H and O–H groups in total. The van der Waals surface area contributed by atoms with Gasteiger partial charge in [-0.15, -0.1) is 11.8 Å². The molecule has 0 fully saturated rings. The van der Waals surface area contributed by atoms with E-state index in [-0.39, 0.29) is 10.7 Å². The Balaban J connectivity index is 2.45. The van der Waals surface area contributed by atoms with Crippen LogP contribution in [0.3, 0.4) is 0 Å². The Labute approximate surface area is 121 Å². The van der Waals surface area contributed by atoms with Crippen molar-refractivity contribution in [3.8, 4) is 0 Å². The van der Waals surface area contributed by atoms with Crippen LogP contribution in [0.2, 0.25) is 0 Å². The fraction of sp³-hybridized carbons (Fsp3) is 0.462. The molecule has 0 saturated heterocycles. The second-order valence-electron chi connectivity index (χ2n) is 3.80. The number of carbonyl (C=O) groups excluding carboxylic acids is 1. The van der Waals surface area contributed by atoms with Gasteiger partial charge in [0.25, 0.3) is 5.91 Å². The summed E-state index contributed by atoms with van der Waals surface area (Å²) >= 11 is 5.07. The van der Waals surface area contributed by atoms with Gasteiger partial charge in [-0.05, 0) is 24.8 Å². The van der Waals surface area contributed by atoms with Crippen LogP contribution in [-0.2, 0) is 4.74 Å². The van der Waals surface area contributed by atoms with Gasteiger partial charge in [0.1, 0.15) is 0 Å². The molecular formula is C13H18BrNO2S. The molecule has 0 aliphatic rings. The number of amides is 1. The molecule has 0 heterocycles. The van der Waals surface area contributed by atoms with Crippen LogP contribution in [0.1, 0.15) is 16.8 Å². The van der Waals surface area contributed by atoms with Gasteiger partial charge < -0.3 is 10.1 Å². The minimum Gasteiger partial charge on any atom is -0.384 e. The molecule has 0 aliphatic carbocycles. The molecule has 0 aliphatic heterocycles. The van der Waals surface area contributed by atoms with Crippen LogP contribution in [0, 0.1) is 0 Å². The van der Waals surface area contributed by atoms with Crippen molar-refractivity contribution in [2.24, 2.45) is 0 Å². The Morgan fingerprint density at radius 1 is 1.50 bits per heavy atom. The predicted molar refractivity (Wildman–Crippen MR) is 79.8 cm³/mol. The lowest BCUT2D eigenvalue weighted by Crippen LogP contribution is -2.27. The Bertz CT molecular complexity index is 387. The molecule has 0 bridgehead atoms. The quantitative estimate of drug-likeness (QED) is 0.616. The summed E-state index contributed by atoms with van der Waals surface area (Å²) in [6.45, 7) is 1.29. The third-order valence-corrected chi connectivity index (χ3v) is 3.96. The predicted octanol–water partition coefficient (Wildman–Crippen LogP) is 2.94. The van der Waals surface area contributed by atoms with Crippen LogP contribution in [0.25, 0.3) is 0 Å². The van der Waals surface area contributed by atoms with E-state index in [0.29, 0.717) is 13.2 Å². The van der Waals surface area contributed by atoms with Gasteiger partial charge in [0, 0.05) is 23.4 Å². The highest BCUT2D eigenvalue weighted by atomic mass is 79.9. The smallest absolute Gasteiger partial charge is 0.252 e. The van der Waals surface area contributed by atoms with Gasteiger partial charge in [-0.1, -0.05) is 28.1 Å². The fourth-order valence-electron chi connectivity index (χ4n) is 1.53. The molecule has 0 radical (unpaired) electrons. The van der Waals surface area contributed by atoms with E-state index < -0.39 is 0 Å². The van der Waals surface area contributed by atoms with Crippen LogP contribution in [0.15, 0.2) is 29.2 Å². The molecule has 3 nitrogen and oxygen atoms in total. The van der Waals surface area contributed by atoms with E-state index in [2.05, 4.69) is 21.2 Å². The monoisotopic (exact) mass is 331 g/mol. The van der Waals surface area contributed by atoms with Crippen molar-refractivity contribution in [3.63, 3.8) is 0 Å². The highest BCUT2D eigenvalue weighted by molar-refractivity contribution is 9.09. The van der Waals surface area contributed by atoms with Crippen molar-refractivity contribution in [2.75, 3.05) is 26.5 Å². The molecule has 1 amide bonds. The summed E-state index contributed by atoms with van der Waals surface area (Å²) in [4.78, 5) is 13.3. The van der Waals surface area contributed by atoms with Crippen molar-refractivity contribution >= 4 is 33.6 Å². The summed E-state index contributed by atoms with van der Waals surface area (Å²) in [6, 6.07) is 7.63. The van der Waals surface area contributed by atoms with Gasteiger partial charge in [0.05, 0.1) is 12.2 Å². The number of methoxy groups -OCH3 is 1.